The number of aliphatic hydroxyl groups is 1. The summed E-state index contributed by atoms with van der Waals surface area (Å²) in [6.45, 7) is 3.48. The zero-order valence-corrected chi connectivity index (χ0v) is 10.0. The van der Waals surface area contributed by atoms with Gasteiger partial charge in [0.2, 0.25) is 5.91 Å². The lowest BCUT2D eigenvalue weighted by atomic mass is 9.90. The van der Waals surface area contributed by atoms with Gasteiger partial charge in [-0.3, -0.25) is 4.79 Å². The Balaban J connectivity index is 2.45. The normalized spacial score (nSPS) is 26.7. The second kappa shape index (κ2) is 6.33. The van der Waals surface area contributed by atoms with Crippen LogP contribution in [0, 0.1) is 5.92 Å². The number of halogens is 1. The maximum Gasteiger partial charge on any atom is 0.223 e. The largest absolute Gasteiger partial charge is 0.393 e. The first-order valence-electron chi connectivity index (χ1n) is 5.70. The van der Waals surface area contributed by atoms with Gasteiger partial charge in [0.15, 0.2) is 0 Å². The summed E-state index contributed by atoms with van der Waals surface area (Å²) in [4.78, 5) is 13.5. The minimum atomic E-state index is -0.231. The summed E-state index contributed by atoms with van der Waals surface area (Å²) in [7, 11) is 0. The molecule has 88 valence electrons. The SMILES string of the molecule is CCC[C@@H]1CN(C(=O)CCCl)CC[C@@H]1O. The molecule has 0 radical (unpaired) electrons. The van der Waals surface area contributed by atoms with Crippen molar-refractivity contribution in [2.75, 3.05) is 19.0 Å². The summed E-state index contributed by atoms with van der Waals surface area (Å²) in [5.74, 6) is 0.761. The Hall–Kier alpha value is -0.280. The van der Waals surface area contributed by atoms with Crippen LogP contribution in [0.3, 0.4) is 0 Å². The number of carbonyl (C=O) groups excluding carboxylic acids is 1. The van der Waals surface area contributed by atoms with E-state index in [9.17, 15) is 9.90 Å². The summed E-state index contributed by atoms with van der Waals surface area (Å²) in [6.07, 6.45) is 2.94. The zero-order valence-electron chi connectivity index (χ0n) is 9.29. The summed E-state index contributed by atoms with van der Waals surface area (Å²) < 4.78 is 0. The average Bonchev–Trinajstić information content (AvgIpc) is 2.22. The van der Waals surface area contributed by atoms with Crippen molar-refractivity contribution in [2.24, 2.45) is 5.92 Å². The van der Waals surface area contributed by atoms with Crippen LogP contribution in [0.15, 0.2) is 0 Å². The number of piperidine rings is 1. The van der Waals surface area contributed by atoms with Crippen molar-refractivity contribution in [3.8, 4) is 0 Å². The van der Waals surface area contributed by atoms with Crippen LogP contribution in [0.4, 0.5) is 0 Å². The smallest absolute Gasteiger partial charge is 0.223 e. The van der Waals surface area contributed by atoms with E-state index in [4.69, 9.17) is 11.6 Å². The van der Waals surface area contributed by atoms with Crippen LogP contribution < -0.4 is 0 Å². The number of rotatable bonds is 4. The van der Waals surface area contributed by atoms with E-state index in [0.717, 1.165) is 12.8 Å². The van der Waals surface area contributed by atoms with Gasteiger partial charge in [0.1, 0.15) is 0 Å². The van der Waals surface area contributed by atoms with Crippen LogP contribution in [-0.2, 0) is 4.79 Å². The maximum absolute atomic E-state index is 11.6. The van der Waals surface area contributed by atoms with E-state index >= 15 is 0 Å². The Bertz CT molecular complexity index is 211. The first kappa shape index (κ1) is 12.8. The monoisotopic (exact) mass is 233 g/mol. The molecule has 1 aliphatic heterocycles. The molecule has 0 aromatic rings. The molecule has 1 N–H and O–H groups in total. The molecule has 1 fully saturated rings. The van der Waals surface area contributed by atoms with Crippen molar-refractivity contribution in [3.05, 3.63) is 0 Å². The van der Waals surface area contributed by atoms with Gasteiger partial charge in [-0.25, -0.2) is 0 Å². The topological polar surface area (TPSA) is 40.5 Å². The molecule has 15 heavy (non-hydrogen) atoms. The molecule has 1 saturated heterocycles. The number of hydrogen-bond acceptors (Lipinski definition) is 2. The highest BCUT2D eigenvalue weighted by Crippen LogP contribution is 2.22. The Morgan fingerprint density at radius 3 is 2.93 bits per heavy atom. The molecule has 3 nitrogen and oxygen atoms in total. The van der Waals surface area contributed by atoms with E-state index < -0.39 is 0 Å². The molecule has 1 rings (SSSR count). The molecule has 2 atom stereocenters. The van der Waals surface area contributed by atoms with Gasteiger partial charge in [0.25, 0.3) is 0 Å². The lowest BCUT2D eigenvalue weighted by molar-refractivity contribution is -0.134. The molecule has 1 heterocycles. The second-order valence-electron chi connectivity index (χ2n) is 4.18. The maximum atomic E-state index is 11.6. The molecule has 1 amide bonds. The number of likely N-dealkylation sites (tertiary alicyclic amines) is 1. The summed E-state index contributed by atoms with van der Waals surface area (Å²) in [5, 5.41) is 9.77. The quantitative estimate of drug-likeness (QED) is 0.750. The molecule has 0 spiro atoms. The lowest BCUT2D eigenvalue weighted by Gasteiger charge is -2.36. The second-order valence-corrected chi connectivity index (χ2v) is 4.56. The Morgan fingerprint density at radius 2 is 2.33 bits per heavy atom. The molecular formula is C11H20ClNO2. The van der Waals surface area contributed by atoms with Gasteiger partial charge in [-0.2, -0.15) is 0 Å². The Morgan fingerprint density at radius 1 is 1.60 bits per heavy atom. The van der Waals surface area contributed by atoms with E-state index in [0.29, 0.717) is 31.8 Å². The van der Waals surface area contributed by atoms with Crippen LogP contribution in [0.2, 0.25) is 0 Å². The first-order chi connectivity index (χ1) is 7.19. The van der Waals surface area contributed by atoms with Crippen molar-refractivity contribution < 1.29 is 9.90 Å². The fourth-order valence-corrected chi connectivity index (χ4v) is 2.30. The zero-order chi connectivity index (χ0) is 11.3. The average molecular weight is 234 g/mol. The van der Waals surface area contributed by atoms with Crippen molar-refractivity contribution in [1.82, 2.24) is 4.90 Å². The van der Waals surface area contributed by atoms with Crippen LogP contribution in [0.1, 0.15) is 32.6 Å². The highest BCUT2D eigenvalue weighted by molar-refractivity contribution is 6.18. The van der Waals surface area contributed by atoms with Crippen LogP contribution in [0.5, 0.6) is 0 Å². The number of hydrogen-bond donors (Lipinski definition) is 1. The van der Waals surface area contributed by atoms with Crippen molar-refractivity contribution in [1.29, 1.82) is 0 Å². The standard InChI is InChI=1S/C11H20ClNO2/c1-2-3-9-8-13(7-5-10(9)14)11(15)4-6-12/h9-10,14H,2-8H2,1H3/t9-,10+/m1/s1. The van der Waals surface area contributed by atoms with Gasteiger partial charge in [-0.1, -0.05) is 13.3 Å². The summed E-state index contributed by atoms with van der Waals surface area (Å²) in [6, 6.07) is 0. The van der Waals surface area contributed by atoms with Gasteiger partial charge in [0, 0.05) is 31.3 Å². The molecule has 0 saturated carbocycles. The Kier molecular flexibility index (Phi) is 5.40. The lowest BCUT2D eigenvalue weighted by Crippen LogP contribution is -2.46. The Labute approximate surface area is 96.4 Å². The highest BCUT2D eigenvalue weighted by Gasteiger charge is 2.28. The van der Waals surface area contributed by atoms with Crippen LogP contribution in [0.25, 0.3) is 0 Å². The summed E-state index contributed by atoms with van der Waals surface area (Å²) in [5.41, 5.74) is 0. The summed E-state index contributed by atoms with van der Waals surface area (Å²) >= 11 is 5.54. The number of aliphatic hydroxyl groups excluding tert-OH is 1. The molecule has 0 unspecified atom stereocenters. The van der Waals surface area contributed by atoms with E-state index in [1.807, 2.05) is 4.90 Å². The number of alkyl halides is 1. The van der Waals surface area contributed by atoms with Gasteiger partial charge in [-0.15, -0.1) is 11.6 Å². The first-order valence-corrected chi connectivity index (χ1v) is 6.24. The molecule has 4 heteroatoms. The minimum absolute atomic E-state index is 0.123. The fraction of sp³-hybridized carbons (Fsp3) is 0.909. The molecule has 1 aliphatic rings. The van der Waals surface area contributed by atoms with Crippen LogP contribution in [-0.4, -0.2) is 41.0 Å². The molecule has 0 aliphatic carbocycles. The number of carbonyl (C=O) groups is 1. The van der Waals surface area contributed by atoms with Gasteiger partial charge in [-0.05, 0) is 12.8 Å². The molecule has 0 aromatic carbocycles. The van der Waals surface area contributed by atoms with E-state index in [1.54, 1.807) is 0 Å². The number of amides is 1. The molecule has 0 bridgehead atoms. The van der Waals surface area contributed by atoms with Crippen molar-refractivity contribution >= 4 is 17.5 Å². The predicted octanol–water partition coefficient (Wildman–Crippen LogP) is 1.62. The third-order valence-electron chi connectivity index (χ3n) is 3.01. The number of nitrogens with zero attached hydrogens (tertiary/aromatic N) is 1. The molecular weight excluding hydrogens is 214 g/mol. The minimum Gasteiger partial charge on any atom is -0.393 e. The highest BCUT2D eigenvalue weighted by atomic mass is 35.5. The van der Waals surface area contributed by atoms with E-state index in [1.165, 1.54) is 0 Å². The van der Waals surface area contributed by atoms with Crippen molar-refractivity contribution in [3.63, 3.8) is 0 Å². The van der Waals surface area contributed by atoms with Gasteiger partial charge >= 0.3 is 0 Å². The third-order valence-corrected chi connectivity index (χ3v) is 3.20. The van der Waals surface area contributed by atoms with Gasteiger partial charge < -0.3 is 10.0 Å². The fourth-order valence-electron chi connectivity index (χ4n) is 2.14. The predicted molar refractivity (Wildman–Crippen MR) is 60.9 cm³/mol. The van der Waals surface area contributed by atoms with Crippen LogP contribution >= 0.6 is 11.6 Å². The van der Waals surface area contributed by atoms with E-state index in [-0.39, 0.29) is 17.9 Å². The van der Waals surface area contributed by atoms with Gasteiger partial charge in [0.05, 0.1) is 6.10 Å². The van der Waals surface area contributed by atoms with E-state index in [2.05, 4.69) is 6.92 Å². The third kappa shape index (κ3) is 3.65. The van der Waals surface area contributed by atoms with Crippen molar-refractivity contribution in [2.45, 2.75) is 38.7 Å². The molecule has 0 aromatic heterocycles.